The molecule has 0 aromatic heterocycles. The highest BCUT2D eigenvalue weighted by molar-refractivity contribution is 4.54. The highest BCUT2D eigenvalue weighted by atomic mass is 14.9. The number of rotatable bonds is 12. The van der Waals surface area contributed by atoms with Gasteiger partial charge in [0.05, 0.1) is 0 Å². The van der Waals surface area contributed by atoms with Crippen LogP contribution in [0.3, 0.4) is 0 Å². The quantitative estimate of drug-likeness (QED) is 0.341. The van der Waals surface area contributed by atoms with Gasteiger partial charge in [-0.3, -0.25) is 0 Å². The van der Waals surface area contributed by atoms with Crippen LogP contribution in [0, 0.1) is 0 Å². The molecule has 4 heteroatoms. The maximum Gasteiger partial charge on any atom is 0.00767 e. The van der Waals surface area contributed by atoms with Crippen LogP contribution in [0.5, 0.6) is 0 Å². The Labute approximate surface area is 94.6 Å². The van der Waals surface area contributed by atoms with E-state index in [0.717, 1.165) is 45.8 Å². The molecule has 92 valence electrons. The van der Waals surface area contributed by atoms with Crippen molar-refractivity contribution in [2.75, 3.05) is 52.9 Å². The lowest BCUT2D eigenvalue weighted by Gasteiger charge is -2.06. The molecule has 0 aromatic rings. The summed E-state index contributed by atoms with van der Waals surface area (Å²) in [6.45, 7) is 9.82. The van der Waals surface area contributed by atoms with Crippen LogP contribution >= 0.6 is 0 Å². The average Bonchev–Trinajstić information content (AvgIpc) is 2.26. The first-order valence-corrected chi connectivity index (χ1v) is 6.18. The van der Waals surface area contributed by atoms with Gasteiger partial charge in [-0.15, -0.1) is 0 Å². The van der Waals surface area contributed by atoms with Gasteiger partial charge in [-0.1, -0.05) is 6.92 Å². The van der Waals surface area contributed by atoms with Gasteiger partial charge < -0.3 is 21.3 Å². The molecule has 0 spiro atoms. The second kappa shape index (κ2) is 13.8. The topological polar surface area (TPSA) is 48.1 Å². The molecule has 0 aliphatic heterocycles. The van der Waals surface area contributed by atoms with E-state index in [-0.39, 0.29) is 0 Å². The standard InChI is InChI=1S/C11H28N4/c1-3-13-7-5-9-15-11-10-14-8-4-6-12-2/h12-15H,3-11H2,1-2H3. The third kappa shape index (κ3) is 13.8. The monoisotopic (exact) mass is 216 g/mol. The smallest absolute Gasteiger partial charge is 0.00767 e. The molecule has 0 aliphatic carbocycles. The molecule has 0 fully saturated rings. The molecule has 0 atom stereocenters. The van der Waals surface area contributed by atoms with Gasteiger partial charge in [0.1, 0.15) is 0 Å². The Balaban J connectivity index is 2.81. The maximum absolute atomic E-state index is 3.42. The van der Waals surface area contributed by atoms with Crippen LogP contribution in [0.2, 0.25) is 0 Å². The third-order valence-corrected chi connectivity index (χ3v) is 2.22. The third-order valence-electron chi connectivity index (χ3n) is 2.22. The molecule has 0 radical (unpaired) electrons. The lowest BCUT2D eigenvalue weighted by Crippen LogP contribution is -2.30. The van der Waals surface area contributed by atoms with Crippen molar-refractivity contribution >= 4 is 0 Å². The number of hydrogen-bond donors (Lipinski definition) is 4. The molecule has 4 nitrogen and oxygen atoms in total. The molecule has 0 aliphatic rings. The maximum atomic E-state index is 3.42. The van der Waals surface area contributed by atoms with Crippen LogP contribution in [-0.4, -0.2) is 52.9 Å². The van der Waals surface area contributed by atoms with E-state index < -0.39 is 0 Å². The minimum Gasteiger partial charge on any atom is -0.320 e. The second-order valence-corrected chi connectivity index (χ2v) is 3.66. The molecule has 0 unspecified atom stereocenters. The van der Waals surface area contributed by atoms with E-state index in [9.17, 15) is 0 Å². The van der Waals surface area contributed by atoms with Gasteiger partial charge in [-0.25, -0.2) is 0 Å². The highest BCUT2D eigenvalue weighted by Gasteiger charge is 1.89. The summed E-state index contributed by atoms with van der Waals surface area (Å²) in [4.78, 5) is 0. The van der Waals surface area contributed by atoms with Crippen LogP contribution in [0.15, 0.2) is 0 Å². The molecule has 0 rings (SSSR count). The van der Waals surface area contributed by atoms with Crippen LogP contribution < -0.4 is 21.3 Å². The molecule has 0 heterocycles. The van der Waals surface area contributed by atoms with E-state index in [1.807, 2.05) is 7.05 Å². The first-order valence-electron chi connectivity index (χ1n) is 6.18. The van der Waals surface area contributed by atoms with Crippen molar-refractivity contribution in [3.05, 3.63) is 0 Å². The van der Waals surface area contributed by atoms with E-state index in [4.69, 9.17) is 0 Å². The number of hydrogen-bond acceptors (Lipinski definition) is 4. The normalized spacial score (nSPS) is 10.8. The van der Waals surface area contributed by atoms with Gasteiger partial charge in [0.2, 0.25) is 0 Å². The molecule has 0 saturated carbocycles. The zero-order valence-electron chi connectivity index (χ0n) is 10.4. The van der Waals surface area contributed by atoms with Crippen molar-refractivity contribution < 1.29 is 0 Å². The minimum absolute atomic E-state index is 1.07. The lowest BCUT2D eigenvalue weighted by molar-refractivity contribution is 0.567. The van der Waals surface area contributed by atoms with E-state index in [0.29, 0.717) is 0 Å². The Kier molecular flexibility index (Phi) is 13.7. The molecule has 4 N–H and O–H groups in total. The van der Waals surface area contributed by atoms with Crippen LogP contribution in [0.1, 0.15) is 19.8 Å². The summed E-state index contributed by atoms with van der Waals surface area (Å²) in [5.41, 5.74) is 0. The van der Waals surface area contributed by atoms with Crippen LogP contribution in [0.4, 0.5) is 0 Å². The molecule has 0 aromatic carbocycles. The van der Waals surface area contributed by atoms with Gasteiger partial charge in [0, 0.05) is 13.1 Å². The first kappa shape index (κ1) is 14.8. The van der Waals surface area contributed by atoms with Gasteiger partial charge in [0.25, 0.3) is 0 Å². The van der Waals surface area contributed by atoms with Gasteiger partial charge in [-0.2, -0.15) is 0 Å². The van der Waals surface area contributed by atoms with Gasteiger partial charge in [0.15, 0.2) is 0 Å². The fraction of sp³-hybridized carbons (Fsp3) is 1.00. The summed E-state index contributed by atoms with van der Waals surface area (Å²) >= 11 is 0. The summed E-state index contributed by atoms with van der Waals surface area (Å²) in [6.07, 6.45) is 2.42. The summed E-state index contributed by atoms with van der Waals surface area (Å²) in [7, 11) is 1.99. The molecule has 0 saturated heterocycles. The van der Waals surface area contributed by atoms with Gasteiger partial charge >= 0.3 is 0 Å². The van der Waals surface area contributed by atoms with Crippen molar-refractivity contribution in [1.82, 2.24) is 21.3 Å². The summed E-state index contributed by atoms with van der Waals surface area (Å²) < 4.78 is 0. The first-order chi connectivity index (χ1) is 7.41. The SMILES string of the molecule is CCNCCCNCCNCCCNC. The van der Waals surface area contributed by atoms with Crippen LogP contribution in [0.25, 0.3) is 0 Å². The van der Waals surface area contributed by atoms with Gasteiger partial charge in [-0.05, 0) is 52.6 Å². The van der Waals surface area contributed by atoms with Crippen molar-refractivity contribution in [2.24, 2.45) is 0 Å². The summed E-state index contributed by atoms with van der Waals surface area (Å²) in [5, 5.41) is 13.3. The molecule has 0 amide bonds. The van der Waals surface area contributed by atoms with Crippen molar-refractivity contribution in [3.8, 4) is 0 Å². The second-order valence-electron chi connectivity index (χ2n) is 3.66. The van der Waals surface area contributed by atoms with Crippen molar-refractivity contribution in [3.63, 3.8) is 0 Å². The Bertz CT molecular complexity index is 96.8. The fourth-order valence-corrected chi connectivity index (χ4v) is 1.33. The molecule has 0 bridgehead atoms. The van der Waals surface area contributed by atoms with Crippen LogP contribution in [-0.2, 0) is 0 Å². The Morgan fingerprint density at radius 3 is 1.73 bits per heavy atom. The fourth-order valence-electron chi connectivity index (χ4n) is 1.33. The van der Waals surface area contributed by atoms with E-state index >= 15 is 0 Å². The highest BCUT2D eigenvalue weighted by Crippen LogP contribution is 1.73. The van der Waals surface area contributed by atoms with E-state index in [1.54, 1.807) is 0 Å². The summed E-state index contributed by atoms with van der Waals surface area (Å²) in [5.74, 6) is 0. The predicted octanol–water partition coefficient (Wildman–Crippen LogP) is -0.225. The largest absolute Gasteiger partial charge is 0.320 e. The molecule has 15 heavy (non-hydrogen) atoms. The summed E-state index contributed by atoms with van der Waals surface area (Å²) in [6, 6.07) is 0. The van der Waals surface area contributed by atoms with E-state index in [1.165, 1.54) is 12.8 Å². The zero-order chi connectivity index (χ0) is 11.2. The zero-order valence-corrected chi connectivity index (χ0v) is 10.4. The molecular formula is C11H28N4. The van der Waals surface area contributed by atoms with E-state index in [2.05, 4.69) is 28.2 Å². The predicted molar refractivity (Wildman–Crippen MR) is 67.4 cm³/mol. The Morgan fingerprint density at radius 2 is 1.20 bits per heavy atom. The average molecular weight is 216 g/mol. The Hall–Kier alpha value is -0.160. The number of nitrogens with one attached hydrogen (secondary N) is 4. The van der Waals surface area contributed by atoms with Crippen molar-refractivity contribution in [1.29, 1.82) is 0 Å². The molecular weight excluding hydrogens is 188 g/mol. The Morgan fingerprint density at radius 1 is 0.667 bits per heavy atom. The van der Waals surface area contributed by atoms with Crippen molar-refractivity contribution in [2.45, 2.75) is 19.8 Å². The lowest BCUT2D eigenvalue weighted by atomic mass is 10.4. The minimum atomic E-state index is 1.07.